The van der Waals surface area contributed by atoms with Crippen molar-refractivity contribution in [1.82, 2.24) is 5.32 Å². The fourth-order valence-electron chi connectivity index (χ4n) is 2.22. The maximum atomic E-state index is 11.6. The number of nitriles is 1. The lowest BCUT2D eigenvalue weighted by molar-refractivity contribution is -0.123. The second-order valence-corrected chi connectivity index (χ2v) is 5.34. The summed E-state index contributed by atoms with van der Waals surface area (Å²) in [6.07, 6.45) is 3.19. The van der Waals surface area contributed by atoms with Crippen LogP contribution < -0.4 is 10.1 Å². The molecule has 1 heterocycles. The van der Waals surface area contributed by atoms with Crippen molar-refractivity contribution in [3.8, 4) is 11.8 Å². The average molecular weight is 318 g/mol. The molecule has 6 nitrogen and oxygen atoms in total. The molecule has 0 aliphatic carbocycles. The third-order valence-electron chi connectivity index (χ3n) is 3.47. The van der Waals surface area contributed by atoms with Crippen molar-refractivity contribution in [3.63, 3.8) is 0 Å². The zero-order chi connectivity index (χ0) is 16.3. The number of ether oxygens (including phenoxy) is 3. The van der Waals surface area contributed by atoms with Crippen LogP contribution in [0.5, 0.6) is 5.75 Å². The van der Waals surface area contributed by atoms with Crippen molar-refractivity contribution in [2.24, 2.45) is 0 Å². The van der Waals surface area contributed by atoms with Gasteiger partial charge in [0.2, 0.25) is 0 Å². The molecule has 1 aliphatic heterocycles. The van der Waals surface area contributed by atoms with E-state index in [9.17, 15) is 4.79 Å². The molecule has 1 aliphatic rings. The third kappa shape index (κ3) is 6.68. The number of carbonyl (C=O) groups excluding carboxylic acids is 1. The first-order chi connectivity index (χ1) is 11.3. The van der Waals surface area contributed by atoms with Crippen molar-refractivity contribution in [2.75, 3.05) is 33.0 Å². The van der Waals surface area contributed by atoms with Crippen LogP contribution in [0.15, 0.2) is 24.3 Å². The molecule has 1 amide bonds. The summed E-state index contributed by atoms with van der Waals surface area (Å²) in [5.74, 6) is 0.396. The molecule has 124 valence electrons. The second kappa shape index (κ2) is 9.82. The second-order valence-electron chi connectivity index (χ2n) is 5.34. The van der Waals surface area contributed by atoms with Crippen molar-refractivity contribution >= 4 is 5.91 Å². The van der Waals surface area contributed by atoms with Gasteiger partial charge in [0.15, 0.2) is 6.61 Å². The van der Waals surface area contributed by atoms with Gasteiger partial charge in [0.05, 0.1) is 24.3 Å². The number of hydrogen-bond acceptors (Lipinski definition) is 5. The number of rotatable bonds is 9. The molecular weight excluding hydrogens is 296 g/mol. The van der Waals surface area contributed by atoms with Gasteiger partial charge < -0.3 is 19.5 Å². The molecule has 1 unspecified atom stereocenters. The first-order valence-electron chi connectivity index (χ1n) is 7.87. The molecule has 0 saturated carbocycles. The molecule has 0 aromatic heterocycles. The van der Waals surface area contributed by atoms with E-state index in [4.69, 9.17) is 19.5 Å². The Labute approximate surface area is 136 Å². The predicted molar refractivity (Wildman–Crippen MR) is 84.1 cm³/mol. The summed E-state index contributed by atoms with van der Waals surface area (Å²) in [6.45, 7) is 2.60. The first kappa shape index (κ1) is 17.3. The Morgan fingerprint density at radius 1 is 1.39 bits per heavy atom. The van der Waals surface area contributed by atoms with Gasteiger partial charge in [-0.2, -0.15) is 5.26 Å². The number of hydrogen-bond donors (Lipinski definition) is 1. The van der Waals surface area contributed by atoms with Crippen LogP contribution in [0.2, 0.25) is 0 Å². The van der Waals surface area contributed by atoms with Crippen molar-refractivity contribution in [2.45, 2.75) is 25.4 Å². The number of nitrogens with zero attached hydrogens (tertiary/aromatic N) is 1. The van der Waals surface area contributed by atoms with E-state index in [0.717, 1.165) is 25.9 Å². The molecule has 0 bridgehead atoms. The first-order valence-corrected chi connectivity index (χ1v) is 7.87. The molecule has 1 aromatic carbocycles. The quantitative estimate of drug-likeness (QED) is 0.700. The number of carbonyl (C=O) groups is 1. The van der Waals surface area contributed by atoms with Crippen LogP contribution >= 0.6 is 0 Å². The Morgan fingerprint density at radius 3 is 2.91 bits per heavy atom. The van der Waals surface area contributed by atoms with Gasteiger partial charge >= 0.3 is 0 Å². The predicted octanol–water partition coefficient (Wildman–Crippen LogP) is 1.64. The van der Waals surface area contributed by atoms with Gasteiger partial charge in [-0.05, 0) is 43.5 Å². The lowest BCUT2D eigenvalue weighted by atomic mass is 10.2. The Bertz CT molecular complexity index is 518. The van der Waals surface area contributed by atoms with Crippen molar-refractivity contribution in [3.05, 3.63) is 29.8 Å². The Kier molecular flexibility index (Phi) is 7.37. The Morgan fingerprint density at radius 2 is 2.22 bits per heavy atom. The van der Waals surface area contributed by atoms with E-state index in [1.165, 1.54) is 0 Å². The van der Waals surface area contributed by atoms with Crippen LogP contribution in [-0.2, 0) is 14.3 Å². The van der Waals surface area contributed by atoms with Crippen LogP contribution in [0.3, 0.4) is 0 Å². The number of benzene rings is 1. The summed E-state index contributed by atoms with van der Waals surface area (Å²) in [4.78, 5) is 11.6. The number of nitrogens with one attached hydrogen (secondary N) is 1. The summed E-state index contributed by atoms with van der Waals surface area (Å²) in [7, 11) is 0. The van der Waals surface area contributed by atoms with Gasteiger partial charge in [0.25, 0.3) is 5.91 Å². The molecule has 1 N–H and O–H groups in total. The van der Waals surface area contributed by atoms with Gasteiger partial charge in [-0.1, -0.05) is 0 Å². The molecule has 1 saturated heterocycles. The van der Waals surface area contributed by atoms with Gasteiger partial charge in [-0.25, -0.2) is 0 Å². The van der Waals surface area contributed by atoms with Crippen LogP contribution in [0.1, 0.15) is 24.8 Å². The molecule has 23 heavy (non-hydrogen) atoms. The van der Waals surface area contributed by atoms with E-state index in [-0.39, 0.29) is 18.6 Å². The molecular formula is C17H22N2O4. The fraction of sp³-hybridized carbons (Fsp3) is 0.529. The van der Waals surface area contributed by atoms with Gasteiger partial charge in [0.1, 0.15) is 5.75 Å². The molecule has 2 rings (SSSR count). The van der Waals surface area contributed by atoms with Gasteiger partial charge in [-0.3, -0.25) is 4.79 Å². The third-order valence-corrected chi connectivity index (χ3v) is 3.47. The highest BCUT2D eigenvalue weighted by molar-refractivity contribution is 5.77. The molecule has 0 spiro atoms. The normalized spacial score (nSPS) is 16.7. The highest BCUT2D eigenvalue weighted by atomic mass is 16.5. The van der Waals surface area contributed by atoms with Gasteiger partial charge in [0, 0.05) is 19.8 Å². The highest BCUT2D eigenvalue weighted by Gasteiger charge is 2.14. The van der Waals surface area contributed by atoms with Crippen LogP contribution in [-0.4, -0.2) is 45.0 Å². The smallest absolute Gasteiger partial charge is 0.257 e. The van der Waals surface area contributed by atoms with E-state index in [0.29, 0.717) is 31.1 Å². The minimum absolute atomic E-state index is 0.0390. The van der Waals surface area contributed by atoms with E-state index < -0.39 is 0 Å². The summed E-state index contributed by atoms with van der Waals surface area (Å²) >= 11 is 0. The highest BCUT2D eigenvalue weighted by Crippen LogP contribution is 2.12. The van der Waals surface area contributed by atoms with Crippen LogP contribution in [0.4, 0.5) is 0 Å². The zero-order valence-electron chi connectivity index (χ0n) is 13.1. The zero-order valence-corrected chi connectivity index (χ0v) is 13.1. The summed E-state index contributed by atoms with van der Waals surface area (Å²) in [6, 6.07) is 8.67. The SMILES string of the molecule is N#Cc1ccc(OCC(=O)NCCCOCC2CCCO2)cc1. The molecule has 1 atom stereocenters. The van der Waals surface area contributed by atoms with E-state index in [1.54, 1.807) is 24.3 Å². The maximum absolute atomic E-state index is 11.6. The standard InChI is InChI=1S/C17H22N2O4/c18-11-14-4-6-15(7-5-14)23-13-17(20)19-8-2-9-21-12-16-3-1-10-22-16/h4-7,16H,1-3,8-10,12-13H2,(H,19,20). The lowest BCUT2D eigenvalue weighted by Gasteiger charge is -2.10. The molecule has 1 aromatic rings. The van der Waals surface area contributed by atoms with Gasteiger partial charge in [-0.15, -0.1) is 0 Å². The minimum Gasteiger partial charge on any atom is -0.484 e. The summed E-state index contributed by atoms with van der Waals surface area (Å²) in [5, 5.41) is 11.5. The molecule has 0 radical (unpaired) electrons. The average Bonchev–Trinajstić information content (AvgIpc) is 3.10. The largest absolute Gasteiger partial charge is 0.484 e. The Balaban J connectivity index is 1.48. The molecule has 6 heteroatoms. The van der Waals surface area contributed by atoms with E-state index in [1.807, 2.05) is 6.07 Å². The van der Waals surface area contributed by atoms with E-state index in [2.05, 4.69) is 5.32 Å². The lowest BCUT2D eigenvalue weighted by Crippen LogP contribution is -2.30. The summed E-state index contributed by atoms with van der Waals surface area (Å²) in [5.41, 5.74) is 0.560. The van der Waals surface area contributed by atoms with Crippen molar-refractivity contribution in [1.29, 1.82) is 5.26 Å². The maximum Gasteiger partial charge on any atom is 0.257 e. The number of amides is 1. The van der Waals surface area contributed by atoms with Crippen LogP contribution in [0.25, 0.3) is 0 Å². The topological polar surface area (TPSA) is 80.6 Å². The van der Waals surface area contributed by atoms with Crippen LogP contribution in [0, 0.1) is 11.3 Å². The van der Waals surface area contributed by atoms with E-state index >= 15 is 0 Å². The molecule has 1 fully saturated rings. The minimum atomic E-state index is -0.173. The Hall–Kier alpha value is -2.10. The summed E-state index contributed by atoms with van der Waals surface area (Å²) < 4.78 is 16.3. The van der Waals surface area contributed by atoms with Crippen molar-refractivity contribution < 1.29 is 19.0 Å². The monoisotopic (exact) mass is 318 g/mol. The fourth-order valence-corrected chi connectivity index (χ4v) is 2.22.